The topological polar surface area (TPSA) is 69.0 Å². The van der Waals surface area contributed by atoms with Gasteiger partial charge in [0, 0.05) is 12.2 Å². The number of aromatic nitrogens is 3. The number of methoxy groups -OCH3 is 1. The lowest BCUT2D eigenvalue weighted by Gasteiger charge is -2.09. The molecular formula is C20H22N4O2S. The van der Waals surface area contributed by atoms with Crippen molar-refractivity contribution in [3.63, 3.8) is 0 Å². The highest BCUT2D eigenvalue weighted by Crippen LogP contribution is 2.22. The molecule has 27 heavy (non-hydrogen) atoms. The van der Waals surface area contributed by atoms with E-state index in [1.807, 2.05) is 66.9 Å². The SMILES string of the molecule is COc1cccc(CNC(=O)CSc2nnc(C)n2-c2ccc(C)cc2)c1. The van der Waals surface area contributed by atoms with Crippen molar-refractivity contribution in [2.24, 2.45) is 0 Å². The van der Waals surface area contributed by atoms with Gasteiger partial charge in [-0.1, -0.05) is 41.6 Å². The van der Waals surface area contributed by atoms with Crippen molar-refractivity contribution in [1.29, 1.82) is 0 Å². The summed E-state index contributed by atoms with van der Waals surface area (Å²) in [5.74, 6) is 1.78. The molecule has 0 aliphatic carbocycles. The number of carbonyl (C=O) groups excluding carboxylic acids is 1. The van der Waals surface area contributed by atoms with Gasteiger partial charge in [0.15, 0.2) is 5.16 Å². The Balaban J connectivity index is 1.60. The van der Waals surface area contributed by atoms with Crippen molar-refractivity contribution in [2.75, 3.05) is 12.9 Å². The predicted molar refractivity (Wildman–Crippen MR) is 106 cm³/mol. The van der Waals surface area contributed by atoms with E-state index in [0.717, 1.165) is 22.8 Å². The predicted octanol–water partition coefficient (Wildman–Crippen LogP) is 3.30. The van der Waals surface area contributed by atoms with E-state index in [2.05, 4.69) is 15.5 Å². The van der Waals surface area contributed by atoms with Gasteiger partial charge in [0.05, 0.1) is 12.9 Å². The number of carbonyl (C=O) groups is 1. The van der Waals surface area contributed by atoms with Crippen molar-refractivity contribution in [1.82, 2.24) is 20.1 Å². The molecule has 1 heterocycles. The first-order valence-corrected chi connectivity index (χ1v) is 9.57. The number of benzene rings is 2. The fourth-order valence-electron chi connectivity index (χ4n) is 2.59. The molecule has 0 spiro atoms. The normalized spacial score (nSPS) is 10.6. The molecule has 0 atom stereocenters. The van der Waals surface area contributed by atoms with Crippen LogP contribution in [0.15, 0.2) is 53.7 Å². The van der Waals surface area contributed by atoms with Gasteiger partial charge in [0.1, 0.15) is 11.6 Å². The first-order chi connectivity index (χ1) is 13.1. The maximum absolute atomic E-state index is 12.2. The Morgan fingerprint density at radius 2 is 1.93 bits per heavy atom. The number of ether oxygens (including phenoxy) is 1. The quantitative estimate of drug-likeness (QED) is 0.635. The van der Waals surface area contributed by atoms with Gasteiger partial charge in [-0.15, -0.1) is 10.2 Å². The minimum absolute atomic E-state index is 0.0565. The number of nitrogens with zero attached hydrogens (tertiary/aromatic N) is 3. The van der Waals surface area contributed by atoms with Gasteiger partial charge < -0.3 is 10.1 Å². The molecule has 0 unspecified atom stereocenters. The first-order valence-electron chi connectivity index (χ1n) is 8.58. The molecule has 140 valence electrons. The number of rotatable bonds is 7. The van der Waals surface area contributed by atoms with Gasteiger partial charge in [-0.3, -0.25) is 9.36 Å². The maximum atomic E-state index is 12.2. The van der Waals surface area contributed by atoms with Gasteiger partial charge >= 0.3 is 0 Å². The van der Waals surface area contributed by atoms with Crippen LogP contribution >= 0.6 is 11.8 Å². The van der Waals surface area contributed by atoms with Gasteiger partial charge in [-0.05, 0) is 43.7 Å². The van der Waals surface area contributed by atoms with Crippen LogP contribution in [0.25, 0.3) is 5.69 Å². The molecular weight excluding hydrogens is 360 g/mol. The second kappa shape index (κ2) is 8.73. The molecule has 0 saturated heterocycles. The molecule has 0 aliphatic heterocycles. The number of nitrogens with one attached hydrogen (secondary N) is 1. The summed E-state index contributed by atoms with van der Waals surface area (Å²) in [7, 11) is 1.63. The summed E-state index contributed by atoms with van der Waals surface area (Å²) in [5, 5.41) is 12.0. The van der Waals surface area contributed by atoms with E-state index < -0.39 is 0 Å². The summed E-state index contributed by atoms with van der Waals surface area (Å²) in [6, 6.07) is 15.8. The van der Waals surface area contributed by atoms with Crippen molar-refractivity contribution >= 4 is 17.7 Å². The molecule has 0 aliphatic rings. The molecule has 1 N–H and O–H groups in total. The fraction of sp³-hybridized carbons (Fsp3) is 0.250. The Labute approximate surface area is 163 Å². The number of hydrogen-bond donors (Lipinski definition) is 1. The minimum atomic E-state index is -0.0565. The summed E-state index contributed by atoms with van der Waals surface area (Å²) < 4.78 is 7.15. The average molecular weight is 382 g/mol. The van der Waals surface area contributed by atoms with Crippen molar-refractivity contribution in [2.45, 2.75) is 25.5 Å². The third kappa shape index (κ3) is 4.89. The Kier molecular flexibility index (Phi) is 6.13. The van der Waals surface area contributed by atoms with E-state index in [9.17, 15) is 4.79 Å². The third-order valence-electron chi connectivity index (χ3n) is 4.04. The van der Waals surface area contributed by atoms with E-state index in [4.69, 9.17) is 4.74 Å². The van der Waals surface area contributed by atoms with Crippen LogP contribution < -0.4 is 10.1 Å². The van der Waals surface area contributed by atoms with E-state index in [1.54, 1.807) is 7.11 Å². The molecule has 3 aromatic rings. The summed E-state index contributed by atoms with van der Waals surface area (Å²) in [5.41, 5.74) is 3.17. The molecule has 2 aromatic carbocycles. The molecule has 3 rings (SSSR count). The Hall–Kier alpha value is -2.80. The fourth-order valence-corrected chi connectivity index (χ4v) is 3.42. The number of thioether (sulfide) groups is 1. The molecule has 0 fully saturated rings. The first kappa shape index (κ1) is 19.0. The number of aryl methyl sites for hydroxylation is 2. The minimum Gasteiger partial charge on any atom is -0.497 e. The van der Waals surface area contributed by atoms with E-state index >= 15 is 0 Å². The lowest BCUT2D eigenvalue weighted by molar-refractivity contribution is -0.118. The summed E-state index contributed by atoms with van der Waals surface area (Å²) >= 11 is 1.37. The van der Waals surface area contributed by atoms with Crippen molar-refractivity contribution < 1.29 is 9.53 Å². The second-order valence-corrected chi connectivity index (χ2v) is 7.06. The lowest BCUT2D eigenvalue weighted by Crippen LogP contribution is -2.24. The molecule has 0 bridgehead atoms. The Morgan fingerprint density at radius 1 is 1.15 bits per heavy atom. The van der Waals surface area contributed by atoms with Gasteiger partial charge in [0.25, 0.3) is 0 Å². The second-order valence-electron chi connectivity index (χ2n) is 6.12. The molecule has 0 radical (unpaired) electrons. The zero-order valence-electron chi connectivity index (χ0n) is 15.6. The lowest BCUT2D eigenvalue weighted by atomic mass is 10.2. The van der Waals surface area contributed by atoms with E-state index in [-0.39, 0.29) is 11.7 Å². The highest BCUT2D eigenvalue weighted by atomic mass is 32.2. The third-order valence-corrected chi connectivity index (χ3v) is 4.97. The van der Waals surface area contributed by atoms with Crippen LogP contribution in [-0.4, -0.2) is 33.5 Å². The Morgan fingerprint density at radius 3 is 2.67 bits per heavy atom. The highest BCUT2D eigenvalue weighted by Gasteiger charge is 2.13. The van der Waals surface area contributed by atoms with Crippen LogP contribution in [0.3, 0.4) is 0 Å². The van der Waals surface area contributed by atoms with E-state index in [1.165, 1.54) is 17.3 Å². The largest absolute Gasteiger partial charge is 0.497 e. The van der Waals surface area contributed by atoms with Crippen LogP contribution in [0.1, 0.15) is 17.0 Å². The number of amides is 1. The smallest absolute Gasteiger partial charge is 0.230 e. The summed E-state index contributed by atoms with van der Waals surface area (Å²) in [6.07, 6.45) is 0. The maximum Gasteiger partial charge on any atom is 0.230 e. The molecule has 7 heteroatoms. The van der Waals surface area contributed by atoms with Gasteiger partial charge in [-0.25, -0.2) is 0 Å². The zero-order valence-corrected chi connectivity index (χ0v) is 16.4. The number of hydrogen-bond acceptors (Lipinski definition) is 5. The van der Waals surface area contributed by atoms with Crippen LogP contribution in [0.5, 0.6) is 5.75 Å². The highest BCUT2D eigenvalue weighted by molar-refractivity contribution is 7.99. The summed E-state index contributed by atoms with van der Waals surface area (Å²) in [4.78, 5) is 12.2. The van der Waals surface area contributed by atoms with Crippen molar-refractivity contribution in [3.05, 3.63) is 65.5 Å². The standard InChI is InChI=1S/C20H22N4O2S/c1-14-7-9-17(10-8-14)24-15(2)22-23-20(24)27-13-19(25)21-12-16-5-4-6-18(11-16)26-3/h4-11H,12-13H2,1-3H3,(H,21,25). The molecule has 6 nitrogen and oxygen atoms in total. The van der Waals surface area contributed by atoms with Crippen LogP contribution in [0, 0.1) is 13.8 Å². The molecule has 1 aromatic heterocycles. The van der Waals surface area contributed by atoms with Crippen LogP contribution in [0.2, 0.25) is 0 Å². The average Bonchev–Trinajstić information content (AvgIpc) is 3.06. The molecule has 0 saturated carbocycles. The molecule has 1 amide bonds. The van der Waals surface area contributed by atoms with Gasteiger partial charge in [0.2, 0.25) is 5.91 Å². The van der Waals surface area contributed by atoms with Gasteiger partial charge in [-0.2, -0.15) is 0 Å². The zero-order chi connectivity index (χ0) is 19.2. The Bertz CT molecular complexity index is 922. The van der Waals surface area contributed by atoms with Crippen LogP contribution in [0.4, 0.5) is 0 Å². The van der Waals surface area contributed by atoms with Crippen LogP contribution in [-0.2, 0) is 11.3 Å². The van der Waals surface area contributed by atoms with E-state index in [0.29, 0.717) is 11.7 Å². The van der Waals surface area contributed by atoms with Crippen molar-refractivity contribution in [3.8, 4) is 11.4 Å². The monoisotopic (exact) mass is 382 g/mol. The summed E-state index contributed by atoms with van der Waals surface area (Å²) in [6.45, 7) is 4.41.